The minimum atomic E-state index is 0.483. The fourth-order valence-corrected chi connectivity index (χ4v) is 3.51. The highest BCUT2D eigenvalue weighted by Crippen LogP contribution is 2.50. The van der Waals surface area contributed by atoms with Crippen molar-refractivity contribution in [2.45, 2.75) is 6.42 Å². The molecular weight excluding hydrogens is 328 g/mol. The van der Waals surface area contributed by atoms with E-state index < -0.39 is 0 Å². The lowest BCUT2D eigenvalue weighted by atomic mass is 10.0. The molecule has 1 saturated carbocycles. The van der Waals surface area contributed by atoms with Gasteiger partial charge in [-0.25, -0.2) is 4.98 Å². The standard InChI is InChI=1S/C20H14N4O2/c1-2-5-16-14(4-1)22-20(26-16)23-15-10-12(8-11-9-13(11)15)19-24-18-17(25-19)6-3-7-21-18/h1-8,10-11,13H,9H2,(H,22,23). The van der Waals surface area contributed by atoms with E-state index in [1.807, 2.05) is 36.4 Å². The van der Waals surface area contributed by atoms with Crippen LogP contribution in [0.2, 0.25) is 0 Å². The number of fused-ring (bicyclic) bond motifs is 3. The molecule has 2 atom stereocenters. The number of nitrogens with one attached hydrogen (secondary N) is 1. The molecule has 0 spiro atoms. The van der Waals surface area contributed by atoms with Crippen molar-refractivity contribution in [2.75, 3.05) is 5.32 Å². The van der Waals surface area contributed by atoms with Crippen LogP contribution >= 0.6 is 0 Å². The van der Waals surface area contributed by atoms with Gasteiger partial charge in [-0.15, -0.1) is 0 Å². The van der Waals surface area contributed by atoms with E-state index in [0.717, 1.165) is 28.8 Å². The summed E-state index contributed by atoms with van der Waals surface area (Å²) in [6.07, 6.45) is 7.14. The van der Waals surface area contributed by atoms with Gasteiger partial charge in [0.1, 0.15) is 5.52 Å². The van der Waals surface area contributed by atoms with Gasteiger partial charge in [-0.05, 0) is 42.7 Å². The van der Waals surface area contributed by atoms with Crippen molar-refractivity contribution < 1.29 is 8.83 Å². The van der Waals surface area contributed by atoms with Gasteiger partial charge < -0.3 is 14.2 Å². The molecule has 4 aromatic rings. The molecule has 0 amide bonds. The van der Waals surface area contributed by atoms with Crippen LogP contribution in [0.15, 0.2) is 69.3 Å². The quantitative estimate of drug-likeness (QED) is 0.595. The molecule has 6 rings (SSSR count). The Morgan fingerprint density at radius 3 is 2.85 bits per heavy atom. The maximum atomic E-state index is 5.87. The van der Waals surface area contributed by atoms with Crippen molar-refractivity contribution in [1.82, 2.24) is 15.0 Å². The lowest BCUT2D eigenvalue weighted by Gasteiger charge is -2.11. The van der Waals surface area contributed by atoms with Crippen molar-refractivity contribution >= 4 is 33.9 Å². The smallest absolute Gasteiger partial charge is 0.300 e. The molecule has 26 heavy (non-hydrogen) atoms. The van der Waals surface area contributed by atoms with E-state index in [4.69, 9.17) is 8.83 Å². The van der Waals surface area contributed by atoms with Crippen LogP contribution in [0, 0.1) is 11.8 Å². The number of hydrogen-bond donors (Lipinski definition) is 1. The Hall–Kier alpha value is -3.41. The van der Waals surface area contributed by atoms with Crippen LogP contribution in [0.4, 0.5) is 6.01 Å². The Labute approximate surface area is 148 Å². The monoisotopic (exact) mass is 342 g/mol. The topological polar surface area (TPSA) is 77.0 Å². The Balaban J connectivity index is 1.36. The van der Waals surface area contributed by atoms with Crippen molar-refractivity contribution in [2.24, 2.45) is 11.8 Å². The summed E-state index contributed by atoms with van der Waals surface area (Å²) in [7, 11) is 0. The Kier molecular flexibility index (Phi) is 2.68. The molecule has 0 saturated heterocycles. The number of aromatic nitrogens is 3. The van der Waals surface area contributed by atoms with Gasteiger partial charge in [0, 0.05) is 23.4 Å². The predicted octanol–water partition coefficient (Wildman–Crippen LogP) is 4.39. The maximum absolute atomic E-state index is 5.87. The molecule has 2 unspecified atom stereocenters. The van der Waals surface area contributed by atoms with Gasteiger partial charge in [-0.3, -0.25) is 0 Å². The largest absolute Gasteiger partial charge is 0.434 e. The molecule has 1 aromatic carbocycles. The normalized spacial score (nSPS) is 21.4. The molecule has 0 bridgehead atoms. The van der Waals surface area contributed by atoms with Gasteiger partial charge >= 0.3 is 0 Å². The van der Waals surface area contributed by atoms with Crippen LogP contribution < -0.4 is 5.32 Å². The van der Waals surface area contributed by atoms with Crippen molar-refractivity contribution in [3.05, 3.63) is 66.3 Å². The summed E-state index contributed by atoms with van der Waals surface area (Å²) in [6, 6.07) is 12.0. The summed E-state index contributed by atoms with van der Waals surface area (Å²) in [5.41, 5.74) is 5.01. The molecule has 2 aliphatic carbocycles. The molecule has 3 aromatic heterocycles. The van der Waals surface area contributed by atoms with Crippen molar-refractivity contribution in [3.8, 4) is 0 Å². The van der Waals surface area contributed by atoms with E-state index in [0.29, 0.717) is 35.0 Å². The second-order valence-electron chi connectivity index (χ2n) is 6.68. The second-order valence-corrected chi connectivity index (χ2v) is 6.68. The lowest BCUT2D eigenvalue weighted by molar-refractivity contribution is 0.584. The fourth-order valence-electron chi connectivity index (χ4n) is 3.51. The zero-order chi connectivity index (χ0) is 17.1. The zero-order valence-corrected chi connectivity index (χ0v) is 13.7. The van der Waals surface area contributed by atoms with Gasteiger partial charge in [-0.1, -0.05) is 18.2 Å². The molecule has 1 fully saturated rings. The summed E-state index contributed by atoms with van der Waals surface area (Å²) in [6.45, 7) is 0. The Bertz CT molecular complexity index is 1150. The number of hydrogen-bond acceptors (Lipinski definition) is 6. The number of rotatable bonds is 3. The first-order chi connectivity index (χ1) is 12.8. The minimum Gasteiger partial charge on any atom is -0.434 e. The number of benzene rings is 1. The zero-order valence-electron chi connectivity index (χ0n) is 13.7. The highest BCUT2D eigenvalue weighted by Gasteiger charge is 2.42. The van der Waals surface area contributed by atoms with E-state index in [-0.39, 0.29) is 0 Å². The first-order valence-electron chi connectivity index (χ1n) is 8.61. The van der Waals surface area contributed by atoms with Crippen LogP contribution in [-0.4, -0.2) is 15.0 Å². The maximum Gasteiger partial charge on any atom is 0.300 e. The number of para-hydroxylation sites is 2. The first kappa shape index (κ1) is 13.8. The molecule has 0 radical (unpaired) electrons. The van der Waals surface area contributed by atoms with Gasteiger partial charge in [-0.2, -0.15) is 9.97 Å². The lowest BCUT2D eigenvalue weighted by Crippen LogP contribution is -2.06. The third-order valence-corrected chi connectivity index (χ3v) is 4.90. The molecule has 3 heterocycles. The third-order valence-electron chi connectivity index (χ3n) is 4.90. The summed E-state index contributed by atoms with van der Waals surface area (Å²) in [5, 5.41) is 3.35. The molecule has 1 N–H and O–H groups in total. The predicted molar refractivity (Wildman–Crippen MR) is 97.1 cm³/mol. The van der Waals surface area contributed by atoms with Gasteiger partial charge in [0.05, 0.1) is 0 Å². The molecular formula is C20H14N4O2. The number of oxazole rings is 2. The van der Waals surface area contributed by atoms with Gasteiger partial charge in [0.25, 0.3) is 6.01 Å². The average molecular weight is 342 g/mol. The number of anilines is 1. The average Bonchev–Trinajstić information content (AvgIpc) is 3.14. The van der Waals surface area contributed by atoms with Crippen LogP contribution in [0.1, 0.15) is 12.3 Å². The first-order valence-corrected chi connectivity index (χ1v) is 8.61. The van der Waals surface area contributed by atoms with Gasteiger partial charge in [0.15, 0.2) is 16.8 Å². The van der Waals surface area contributed by atoms with E-state index in [2.05, 4.69) is 32.4 Å². The molecule has 126 valence electrons. The van der Waals surface area contributed by atoms with Crippen LogP contribution in [0.25, 0.3) is 27.9 Å². The van der Waals surface area contributed by atoms with Crippen molar-refractivity contribution in [1.29, 1.82) is 0 Å². The number of nitrogens with zero attached hydrogens (tertiary/aromatic N) is 3. The van der Waals surface area contributed by atoms with E-state index in [1.54, 1.807) is 6.20 Å². The SMILES string of the molecule is C1=C(c2nc3ncccc3o2)C=C(Nc2nc3ccccc3o2)C2CC12. The highest BCUT2D eigenvalue weighted by molar-refractivity contribution is 5.79. The molecule has 6 heteroatoms. The van der Waals surface area contributed by atoms with E-state index >= 15 is 0 Å². The Morgan fingerprint density at radius 1 is 1.00 bits per heavy atom. The molecule has 2 aliphatic rings. The molecule has 6 nitrogen and oxygen atoms in total. The van der Waals surface area contributed by atoms with Crippen molar-refractivity contribution in [3.63, 3.8) is 0 Å². The second kappa shape index (κ2) is 5.05. The summed E-state index contributed by atoms with van der Waals surface area (Å²) < 4.78 is 11.7. The van der Waals surface area contributed by atoms with Crippen LogP contribution in [0.5, 0.6) is 0 Å². The fraction of sp³-hybridized carbons (Fsp3) is 0.150. The number of allylic oxidation sites excluding steroid dienone is 4. The van der Waals surface area contributed by atoms with Crippen LogP contribution in [-0.2, 0) is 0 Å². The van der Waals surface area contributed by atoms with E-state index in [9.17, 15) is 0 Å². The summed E-state index contributed by atoms with van der Waals surface area (Å²) in [4.78, 5) is 13.3. The number of pyridine rings is 1. The highest BCUT2D eigenvalue weighted by atomic mass is 16.4. The minimum absolute atomic E-state index is 0.483. The third kappa shape index (κ3) is 2.15. The van der Waals surface area contributed by atoms with Gasteiger partial charge in [0.2, 0.25) is 5.89 Å². The van der Waals surface area contributed by atoms with Crippen LogP contribution in [0.3, 0.4) is 0 Å². The molecule has 0 aliphatic heterocycles. The summed E-state index contributed by atoms with van der Waals surface area (Å²) in [5.74, 6) is 1.59. The Morgan fingerprint density at radius 2 is 1.92 bits per heavy atom. The van der Waals surface area contributed by atoms with E-state index in [1.165, 1.54) is 0 Å². The summed E-state index contributed by atoms with van der Waals surface area (Å²) >= 11 is 0.